The highest BCUT2D eigenvalue weighted by molar-refractivity contribution is 8.00. The van der Waals surface area contributed by atoms with Crippen LogP contribution in [0.5, 0.6) is 5.75 Å². The second-order valence-corrected chi connectivity index (χ2v) is 10.5. The molecule has 31 heavy (non-hydrogen) atoms. The van der Waals surface area contributed by atoms with Crippen LogP contribution in [0.15, 0.2) is 52.3 Å². The molecule has 1 saturated heterocycles. The summed E-state index contributed by atoms with van der Waals surface area (Å²) in [6.07, 6.45) is -0.126. The van der Waals surface area contributed by atoms with E-state index >= 15 is 0 Å². The van der Waals surface area contributed by atoms with Gasteiger partial charge in [0, 0.05) is 18.0 Å². The van der Waals surface area contributed by atoms with Crippen molar-refractivity contribution in [1.82, 2.24) is 4.31 Å². The van der Waals surface area contributed by atoms with Crippen molar-refractivity contribution in [3.8, 4) is 5.75 Å². The number of hydrogen-bond acceptors (Lipinski definition) is 6. The van der Waals surface area contributed by atoms with E-state index in [0.717, 1.165) is 10.5 Å². The molecule has 1 aliphatic rings. The van der Waals surface area contributed by atoms with Gasteiger partial charge < -0.3 is 14.8 Å². The number of benzene rings is 2. The van der Waals surface area contributed by atoms with Gasteiger partial charge >= 0.3 is 0 Å². The number of carbonyl (C=O) groups excluding carboxylic acids is 1. The molecule has 2 aromatic carbocycles. The lowest BCUT2D eigenvalue weighted by Gasteiger charge is -2.26. The van der Waals surface area contributed by atoms with E-state index in [4.69, 9.17) is 9.47 Å². The van der Waals surface area contributed by atoms with Crippen LogP contribution in [-0.4, -0.2) is 56.8 Å². The van der Waals surface area contributed by atoms with Crippen LogP contribution in [0.1, 0.15) is 19.4 Å². The molecule has 7 nitrogen and oxygen atoms in total. The average molecular weight is 465 g/mol. The number of sulfonamides is 1. The Hall–Kier alpha value is -2.07. The molecular formula is C22H28N2O5S2. The molecule has 0 atom stereocenters. The molecule has 0 bridgehead atoms. The maximum Gasteiger partial charge on any atom is 0.243 e. The number of carbonyl (C=O) groups is 1. The lowest BCUT2D eigenvalue weighted by Crippen LogP contribution is -2.40. The number of nitrogens with zero attached hydrogens (tertiary/aromatic N) is 1. The van der Waals surface area contributed by atoms with Gasteiger partial charge in [-0.05, 0) is 51.1 Å². The van der Waals surface area contributed by atoms with Crippen LogP contribution in [-0.2, 0) is 19.6 Å². The second-order valence-electron chi connectivity index (χ2n) is 7.49. The number of amides is 1. The van der Waals surface area contributed by atoms with Crippen molar-refractivity contribution in [2.75, 3.05) is 37.4 Å². The molecule has 0 spiro atoms. The second kappa shape index (κ2) is 10.5. The number of morpholine rings is 1. The standard InChI is InChI=1S/C22H28N2O5S2/c1-16(2)29-21-9-8-19(31(26,27)24-10-12-28-13-11-24)14-20(21)23-22(25)15-30-18-6-4-17(3)5-7-18/h4-9,14,16H,10-13,15H2,1-3H3,(H,23,25). The molecule has 1 aliphatic heterocycles. The first-order chi connectivity index (χ1) is 14.8. The van der Waals surface area contributed by atoms with Gasteiger partial charge in [0.15, 0.2) is 0 Å². The van der Waals surface area contributed by atoms with Crippen LogP contribution in [0.25, 0.3) is 0 Å². The first-order valence-electron chi connectivity index (χ1n) is 10.1. The monoisotopic (exact) mass is 464 g/mol. The van der Waals surface area contributed by atoms with Gasteiger partial charge in [0.1, 0.15) is 5.75 Å². The number of ether oxygens (including phenoxy) is 2. The van der Waals surface area contributed by atoms with Gasteiger partial charge in [0.2, 0.25) is 15.9 Å². The molecule has 0 saturated carbocycles. The fourth-order valence-electron chi connectivity index (χ4n) is 3.03. The Morgan fingerprint density at radius 2 is 1.84 bits per heavy atom. The Balaban J connectivity index is 1.78. The fourth-order valence-corrected chi connectivity index (χ4v) is 5.16. The summed E-state index contributed by atoms with van der Waals surface area (Å²) in [7, 11) is -3.68. The molecule has 0 aromatic heterocycles. The normalized spacial score (nSPS) is 15.1. The van der Waals surface area contributed by atoms with E-state index < -0.39 is 10.0 Å². The molecule has 3 rings (SSSR count). The Morgan fingerprint density at radius 3 is 2.48 bits per heavy atom. The molecule has 9 heteroatoms. The van der Waals surface area contributed by atoms with Crippen LogP contribution in [0.2, 0.25) is 0 Å². The third-order valence-corrected chi connectivity index (χ3v) is 7.49. The van der Waals surface area contributed by atoms with E-state index in [1.165, 1.54) is 28.2 Å². The van der Waals surface area contributed by atoms with E-state index in [1.54, 1.807) is 6.07 Å². The minimum absolute atomic E-state index is 0.118. The van der Waals surface area contributed by atoms with E-state index in [1.807, 2.05) is 45.0 Å². The Morgan fingerprint density at radius 1 is 1.16 bits per heavy atom. The predicted molar refractivity (Wildman–Crippen MR) is 122 cm³/mol. The van der Waals surface area contributed by atoms with E-state index in [-0.39, 0.29) is 22.7 Å². The van der Waals surface area contributed by atoms with Crippen molar-refractivity contribution in [3.63, 3.8) is 0 Å². The maximum atomic E-state index is 13.0. The lowest BCUT2D eigenvalue weighted by atomic mass is 10.2. The van der Waals surface area contributed by atoms with Crippen molar-refractivity contribution in [3.05, 3.63) is 48.0 Å². The third-order valence-electron chi connectivity index (χ3n) is 4.59. The van der Waals surface area contributed by atoms with Crippen LogP contribution < -0.4 is 10.1 Å². The van der Waals surface area contributed by atoms with Gasteiger partial charge in [-0.3, -0.25) is 4.79 Å². The summed E-state index contributed by atoms with van der Waals surface area (Å²) in [6, 6.07) is 12.5. The maximum absolute atomic E-state index is 13.0. The zero-order valence-corrected chi connectivity index (χ0v) is 19.6. The van der Waals surface area contributed by atoms with Gasteiger partial charge in [0.25, 0.3) is 0 Å². The molecule has 2 aromatic rings. The summed E-state index contributed by atoms with van der Waals surface area (Å²) in [5.74, 6) is 0.398. The average Bonchev–Trinajstić information content (AvgIpc) is 2.75. The number of anilines is 1. The first-order valence-corrected chi connectivity index (χ1v) is 12.6. The Kier molecular flexibility index (Phi) is 7.99. The highest BCUT2D eigenvalue weighted by atomic mass is 32.2. The molecular weight excluding hydrogens is 436 g/mol. The molecule has 0 unspecified atom stereocenters. The van der Waals surface area contributed by atoms with Gasteiger partial charge in [-0.25, -0.2) is 8.42 Å². The van der Waals surface area contributed by atoms with Crippen LogP contribution in [0, 0.1) is 6.92 Å². The van der Waals surface area contributed by atoms with E-state index in [0.29, 0.717) is 37.7 Å². The highest BCUT2D eigenvalue weighted by Crippen LogP contribution is 2.31. The molecule has 1 fully saturated rings. The summed E-state index contributed by atoms with van der Waals surface area (Å²) in [5.41, 5.74) is 1.50. The largest absolute Gasteiger partial charge is 0.489 e. The first kappa shape index (κ1) is 23.6. The zero-order chi connectivity index (χ0) is 22.4. The number of hydrogen-bond donors (Lipinski definition) is 1. The van der Waals surface area contributed by atoms with Crippen molar-refractivity contribution in [2.45, 2.75) is 36.7 Å². The van der Waals surface area contributed by atoms with Crippen molar-refractivity contribution >= 4 is 33.4 Å². The summed E-state index contributed by atoms with van der Waals surface area (Å²) in [5, 5.41) is 2.82. The van der Waals surface area contributed by atoms with Crippen molar-refractivity contribution < 1.29 is 22.7 Å². The highest BCUT2D eigenvalue weighted by Gasteiger charge is 2.27. The van der Waals surface area contributed by atoms with Crippen molar-refractivity contribution in [1.29, 1.82) is 0 Å². The summed E-state index contributed by atoms with van der Waals surface area (Å²) in [4.78, 5) is 13.7. The van der Waals surface area contributed by atoms with Crippen LogP contribution in [0.4, 0.5) is 5.69 Å². The number of aryl methyl sites for hydroxylation is 1. The zero-order valence-electron chi connectivity index (χ0n) is 18.0. The lowest BCUT2D eigenvalue weighted by molar-refractivity contribution is -0.113. The molecule has 1 amide bonds. The van der Waals surface area contributed by atoms with Gasteiger partial charge in [-0.1, -0.05) is 17.7 Å². The number of thioether (sulfide) groups is 1. The third kappa shape index (κ3) is 6.46. The fraction of sp³-hybridized carbons (Fsp3) is 0.409. The molecule has 0 radical (unpaired) electrons. The SMILES string of the molecule is Cc1ccc(SCC(=O)Nc2cc(S(=O)(=O)N3CCOCC3)ccc2OC(C)C)cc1. The minimum atomic E-state index is -3.68. The topological polar surface area (TPSA) is 84.9 Å². The Labute approximate surface area is 188 Å². The Bertz CT molecular complexity index is 1000. The van der Waals surface area contributed by atoms with Crippen LogP contribution >= 0.6 is 11.8 Å². The summed E-state index contributed by atoms with van der Waals surface area (Å²) >= 11 is 1.42. The molecule has 1 heterocycles. The van der Waals surface area contributed by atoms with E-state index in [2.05, 4.69) is 5.32 Å². The van der Waals surface area contributed by atoms with Gasteiger partial charge in [0.05, 0.1) is 35.7 Å². The number of rotatable bonds is 8. The summed E-state index contributed by atoms with van der Waals surface area (Å²) in [6.45, 7) is 7.11. The summed E-state index contributed by atoms with van der Waals surface area (Å²) < 4.78 is 38.5. The van der Waals surface area contributed by atoms with Gasteiger partial charge in [-0.15, -0.1) is 11.8 Å². The van der Waals surface area contributed by atoms with E-state index in [9.17, 15) is 13.2 Å². The smallest absolute Gasteiger partial charge is 0.243 e. The van der Waals surface area contributed by atoms with Crippen molar-refractivity contribution in [2.24, 2.45) is 0 Å². The number of nitrogens with one attached hydrogen (secondary N) is 1. The molecule has 1 N–H and O–H groups in total. The van der Waals surface area contributed by atoms with Gasteiger partial charge in [-0.2, -0.15) is 4.31 Å². The molecule has 0 aliphatic carbocycles. The minimum Gasteiger partial charge on any atom is -0.489 e. The quantitative estimate of drug-likeness (QED) is 0.602. The van der Waals surface area contributed by atoms with Crippen LogP contribution in [0.3, 0.4) is 0 Å². The molecule has 168 valence electrons. The predicted octanol–water partition coefficient (Wildman–Crippen LogP) is 3.53.